The van der Waals surface area contributed by atoms with Gasteiger partial charge in [0, 0.05) is 36.6 Å². The van der Waals surface area contributed by atoms with E-state index in [1.807, 2.05) is 0 Å². The molecule has 3 aromatic rings. The lowest BCUT2D eigenvalue weighted by Gasteiger charge is -2.26. The summed E-state index contributed by atoms with van der Waals surface area (Å²) in [5.41, 5.74) is 6.08. The van der Waals surface area contributed by atoms with E-state index in [0.717, 1.165) is 18.2 Å². The third-order valence-electron chi connectivity index (χ3n) is 5.07. The van der Waals surface area contributed by atoms with Gasteiger partial charge in [-0.15, -0.1) is 13.2 Å². The van der Waals surface area contributed by atoms with Crippen LogP contribution < -0.4 is 21.1 Å². The number of amides is 2. The number of rotatable bonds is 7. The third kappa shape index (κ3) is 7.31. The maximum absolute atomic E-state index is 12.9. The number of morpholine rings is 1. The second-order valence-electron chi connectivity index (χ2n) is 7.77. The summed E-state index contributed by atoms with van der Waals surface area (Å²) in [6.07, 6.45) is 0.590. The lowest BCUT2D eigenvalue weighted by Crippen LogP contribution is -2.41. The van der Waals surface area contributed by atoms with Crippen molar-refractivity contribution in [3.8, 4) is 17.0 Å². The van der Waals surface area contributed by atoms with Gasteiger partial charge in [0.1, 0.15) is 0 Å². The number of ether oxygens (including phenoxy) is 2. The van der Waals surface area contributed by atoms with Crippen LogP contribution in [0.15, 0.2) is 43.0 Å². The van der Waals surface area contributed by atoms with Crippen LogP contribution in [-0.4, -0.2) is 75.9 Å². The number of alkyl halides is 3. The van der Waals surface area contributed by atoms with Crippen molar-refractivity contribution < 1.29 is 32.2 Å². The highest BCUT2D eigenvalue weighted by atomic mass is 19.4. The first-order chi connectivity index (χ1) is 17.7. The van der Waals surface area contributed by atoms with E-state index in [4.69, 9.17) is 10.5 Å². The topological polar surface area (TPSA) is 157 Å². The zero-order valence-electron chi connectivity index (χ0n) is 19.2. The van der Waals surface area contributed by atoms with Gasteiger partial charge >= 0.3 is 6.36 Å². The van der Waals surface area contributed by atoms with Crippen LogP contribution in [0.3, 0.4) is 0 Å². The summed E-state index contributed by atoms with van der Waals surface area (Å²) < 4.78 is 47.9. The number of hydrogen-bond acceptors (Lipinski definition) is 10. The molecule has 4 N–H and O–H groups in total. The highest BCUT2D eigenvalue weighted by Gasteiger charge is 2.32. The number of carbonyl (C=O) groups is 2. The van der Waals surface area contributed by atoms with E-state index in [9.17, 15) is 22.8 Å². The third-order valence-corrected chi connectivity index (χ3v) is 5.07. The minimum atomic E-state index is -5.00. The summed E-state index contributed by atoms with van der Waals surface area (Å²) >= 11 is 0. The molecule has 1 aliphatic heterocycles. The molecule has 2 aromatic heterocycles. The quantitative estimate of drug-likeness (QED) is 0.422. The second-order valence-corrected chi connectivity index (χ2v) is 7.77. The van der Waals surface area contributed by atoms with E-state index in [-0.39, 0.29) is 29.6 Å². The average molecular weight is 518 g/mol. The summed E-state index contributed by atoms with van der Waals surface area (Å²) in [5, 5.41) is 4.89. The number of carbonyl (C=O) groups excluding carboxylic acids is 2. The number of nitrogens with zero attached hydrogens (tertiary/aromatic N) is 5. The maximum atomic E-state index is 12.9. The Labute approximate surface area is 208 Å². The standard InChI is InChI=1S/C22H21F3N8O4/c23-22(24,25)37-17-2-1-13(7-15(17)31-19(34)12-33-3-5-36-6-4-33)20(35)32-18-11-27-16(10-28-18)14-8-29-21(26)30-9-14/h1-2,7-11H,3-6,12H2,(H,31,34)(H2,26,29,30)(H,28,32,35). The lowest BCUT2D eigenvalue weighted by atomic mass is 10.1. The number of benzene rings is 1. The molecule has 0 aliphatic carbocycles. The number of nitrogens with two attached hydrogens (primary N) is 1. The molecule has 15 heteroatoms. The van der Waals surface area contributed by atoms with Crippen molar-refractivity contribution in [2.24, 2.45) is 0 Å². The second kappa shape index (κ2) is 11.1. The molecule has 12 nitrogen and oxygen atoms in total. The van der Waals surface area contributed by atoms with E-state index in [1.165, 1.54) is 24.8 Å². The van der Waals surface area contributed by atoms with E-state index in [2.05, 4.69) is 35.3 Å². The van der Waals surface area contributed by atoms with E-state index < -0.39 is 23.9 Å². The maximum Gasteiger partial charge on any atom is 0.573 e. The van der Waals surface area contributed by atoms with Crippen LogP contribution in [-0.2, 0) is 9.53 Å². The largest absolute Gasteiger partial charge is 0.573 e. The highest BCUT2D eigenvalue weighted by molar-refractivity contribution is 6.05. The minimum Gasteiger partial charge on any atom is -0.404 e. The molecular weight excluding hydrogens is 497 g/mol. The number of anilines is 3. The Kier molecular flexibility index (Phi) is 7.74. The molecule has 0 radical (unpaired) electrons. The molecule has 0 atom stereocenters. The van der Waals surface area contributed by atoms with Crippen LogP contribution in [0.5, 0.6) is 5.75 Å². The number of hydrogen-bond donors (Lipinski definition) is 3. The van der Waals surface area contributed by atoms with Crippen LogP contribution in [0.2, 0.25) is 0 Å². The number of halogens is 3. The lowest BCUT2D eigenvalue weighted by molar-refractivity contribution is -0.274. The van der Waals surface area contributed by atoms with Crippen LogP contribution in [0, 0.1) is 0 Å². The smallest absolute Gasteiger partial charge is 0.404 e. The Bertz CT molecular complexity index is 1250. The fraction of sp³-hybridized carbons (Fsp3) is 0.273. The fourth-order valence-electron chi connectivity index (χ4n) is 3.34. The zero-order valence-corrected chi connectivity index (χ0v) is 19.2. The average Bonchev–Trinajstić information content (AvgIpc) is 2.86. The van der Waals surface area contributed by atoms with Gasteiger partial charge in [-0.1, -0.05) is 0 Å². The molecule has 0 spiro atoms. The van der Waals surface area contributed by atoms with Gasteiger partial charge in [-0.2, -0.15) is 0 Å². The summed E-state index contributed by atoms with van der Waals surface area (Å²) in [4.78, 5) is 43.0. The SMILES string of the molecule is Nc1ncc(-c2cnc(NC(=O)c3ccc(OC(F)(F)F)c(NC(=O)CN4CCOCC4)c3)cn2)cn1. The van der Waals surface area contributed by atoms with E-state index in [0.29, 0.717) is 37.6 Å². The van der Waals surface area contributed by atoms with Crippen molar-refractivity contribution in [3.05, 3.63) is 48.5 Å². The van der Waals surface area contributed by atoms with Crippen molar-refractivity contribution in [2.45, 2.75) is 6.36 Å². The molecule has 0 unspecified atom stereocenters. The van der Waals surface area contributed by atoms with Crippen molar-refractivity contribution >= 4 is 29.3 Å². The Morgan fingerprint density at radius 3 is 2.41 bits per heavy atom. The van der Waals surface area contributed by atoms with Crippen LogP contribution >= 0.6 is 0 Å². The number of nitrogen functional groups attached to an aromatic ring is 1. The summed E-state index contributed by atoms with van der Waals surface area (Å²) in [6, 6.07) is 3.16. The Morgan fingerprint density at radius 1 is 1.03 bits per heavy atom. The van der Waals surface area contributed by atoms with Crippen LogP contribution in [0.4, 0.5) is 30.6 Å². The van der Waals surface area contributed by atoms with E-state index in [1.54, 1.807) is 4.90 Å². The van der Waals surface area contributed by atoms with Crippen molar-refractivity contribution in [3.63, 3.8) is 0 Å². The normalized spacial score (nSPS) is 14.1. The van der Waals surface area contributed by atoms with Crippen molar-refractivity contribution in [2.75, 3.05) is 49.2 Å². The Morgan fingerprint density at radius 2 is 1.76 bits per heavy atom. The molecule has 0 saturated carbocycles. The first-order valence-corrected chi connectivity index (χ1v) is 10.9. The van der Waals surface area contributed by atoms with Crippen molar-refractivity contribution in [1.82, 2.24) is 24.8 Å². The zero-order chi connectivity index (χ0) is 26.4. The predicted octanol–water partition coefficient (Wildman–Crippen LogP) is 1.94. The van der Waals surface area contributed by atoms with E-state index >= 15 is 0 Å². The molecule has 4 rings (SSSR count). The number of nitrogens with one attached hydrogen (secondary N) is 2. The van der Waals surface area contributed by atoms with Gasteiger partial charge in [-0.3, -0.25) is 19.5 Å². The molecule has 37 heavy (non-hydrogen) atoms. The summed E-state index contributed by atoms with van der Waals surface area (Å²) in [5.74, 6) is -1.74. The van der Waals surface area contributed by atoms with Crippen LogP contribution in [0.1, 0.15) is 10.4 Å². The van der Waals surface area contributed by atoms with Gasteiger partial charge in [-0.05, 0) is 18.2 Å². The molecule has 1 saturated heterocycles. The summed E-state index contributed by atoms with van der Waals surface area (Å²) in [7, 11) is 0. The molecule has 2 amide bonds. The molecule has 1 fully saturated rings. The van der Waals surface area contributed by atoms with Crippen molar-refractivity contribution in [1.29, 1.82) is 0 Å². The molecular formula is C22H21F3N8O4. The fourth-order valence-corrected chi connectivity index (χ4v) is 3.34. The van der Waals surface area contributed by atoms with Gasteiger partial charge in [0.2, 0.25) is 11.9 Å². The Hall–Kier alpha value is -4.37. The van der Waals surface area contributed by atoms with Crippen LogP contribution in [0.25, 0.3) is 11.3 Å². The predicted molar refractivity (Wildman–Crippen MR) is 124 cm³/mol. The molecule has 194 valence electrons. The van der Waals surface area contributed by atoms with Gasteiger partial charge in [-0.25, -0.2) is 15.0 Å². The minimum absolute atomic E-state index is 0.0472. The molecule has 3 heterocycles. The van der Waals surface area contributed by atoms with Gasteiger partial charge in [0.05, 0.1) is 43.5 Å². The molecule has 1 aliphatic rings. The van der Waals surface area contributed by atoms with Gasteiger partial charge in [0.15, 0.2) is 11.6 Å². The van der Waals surface area contributed by atoms with Gasteiger partial charge < -0.3 is 25.8 Å². The molecule has 0 bridgehead atoms. The first-order valence-electron chi connectivity index (χ1n) is 10.9. The molecule has 1 aromatic carbocycles. The number of aromatic nitrogens is 4. The summed E-state index contributed by atoms with van der Waals surface area (Å²) in [6.45, 7) is 1.85. The first kappa shape index (κ1) is 25.7. The monoisotopic (exact) mass is 518 g/mol. The highest BCUT2D eigenvalue weighted by Crippen LogP contribution is 2.31. The Balaban J connectivity index is 1.48. The van der Waals surface area contributed by atoms with Gasteiger partial charge in [0.25, 0.3) is 5.91 Å².